The Morgan fingerprint density at radius 3 is 2.43 bits per heavy atom. The minimum Gasteiger partial charge on any atom is -0.400 e. The Balaban J connectivity index is 2.32. The number of hydrogen-bond donors (Lipinski definition) is 1. The molecule has 1 aliphatic heterocycles. The zero-order valence-corrected chi connectivity index (χ0v) is 14.8. The van der Waals surface area contributed by atoms with Crippen LogP contribution in [-0.2, 0) is 14.1 Å². The van der Waals surface area contributed by atoms with Crippen LogP contribution < -0.4 is 5.32 Å². The number of carbonyl (C=O) groups excluding carboxylic acids is 1. The fourth-order valence-corrected chi connectivity index (χ4v) is 2.25. The molecule has 2 rings (SSSR count). The topological polar surface area (TPSA) is 60.5 Å². The highest BCUT2D eigenvalue weighted by molar-refractivity contribution is 6.56. The predicted molar refractivity (Wildman–Crippen MR) is 91.7 cm³/mol. The van der Waals surface area contributed by atoms with E-state index < -0.39 is 18.3 Å². The predicted octanol–water partition coefficient (Wildman–Crippen LogP) is 2.54. The molecule has 0 atom stereocenters. The monoisotopic (exact) mass is 316 g/mol. The number of nitrogens with zero attached hydrogens (tertiary/aromatic N) is 1. The van der Waals surface area contributed by atoms with Crippen molar-refractivity contribution in [2.24, 2.45) is 0 Å². The lowest BCUT2D eigenvalue weighted by Crippen LogP contribution is -2.41. The first-order valence-electron chi connectivity index (χ1n) is 7.83. The zero-order valence-electron chi connectivity index (χ0n) is 14.8. The lowest BCUT2D eigenvalue weighted by Gasteiger charge is -2.32. The van der Waals surface area contributed by atoms with E-state index in [2.05, 4.69) is 10.3 Å². The van der Waals surface area contributed by atoms with Crippen molar-refractivity contribution in [3.63, 3.8) is 0 Å². The smallest absolute Gasteiger partial charge is 0.400 e. The van der Waals surface area contributed by atoms with Gasteiger partial charge in [0.15, 0.2) is 0 Å². The van der Waals surface area contributed by atoms with Crippen LogP contribution in [0.25, 0.3) is 6.08 Å². The van der Waals surface area contributed by atoms with E-state index in [1.54, 1.807) is 12.4 Å². The number of hydrogen-bond acceptors (Lipinski definition) is 4. The molecule has 1 aromatic rings. The average Bonchev–Trinajstić information content (AvgIpc) is 2.65. The van der Waals surface area contributed by atoms with Crippen molar-refractivity contribution in [1.29, 1.82) is 0 Å². The zero-order chi connectivity index (χ0) is 17.3. The summed E-state index contributed by atoms with van der Waals surface area (Å²) in [6, 6.07) is 1.95. The maximum absolute atomic E-state index is 11.3. The van der Waals surface area contributed by atoms with Gasteiger partial charge in [-0.1, -0.05) is 6.08 Å². The van der Waals surface area contributed by atoms with E-state index in [1.165, 1.54) is 6.92 Å². The van der Waals surface area contributed by atoms with Crippen molar-refractivity contribution in [3.05, 3.63) is 35.1 Å². The summed E-state index contributed by atoms with van der Waals surface area (Å²) in [4.78, 5) is 15.5. The Bertz CT molecular complexity index is 610. The third-order valence-electron chi connectivity index (χ3n) is 4.52. The second-order valence-corrected chi connectivity index (χ2v) is 6.95. The highest BCUT2D eigenvalue weighted by Crippen LogP contribution is 2.38. The molecule has 6 heteroatoms. The summed E-state index contributed by atoms with van der Waals surface area (Å²) in [6.45, 7) is 11.9. The molecule has 1 amide bonds. The molecule has 0 unspecified atom stereocenters. The van der Waals surface area contributed by atoms with Crippen LogP contribution >= 0.6 is 0 Å². The van der Waals surface area contributed by atoms with Gasteiger partial charge in [0.2, 0.25) is 5.91 Å². The van der Waals surface area contributed by atoms with E-state index in [1.807, 2.05) is 46.8 Å². The Labute approximate surface area is 138 Å². The van der Waals surface area contributed by atoms with Crippen LogP contribution in [-0.4, -0.2) is 35.8 Å². The van der Waals surface area contributed by atoms with E-state index in [4.69, 9.17) is 9.31 Å². The van der Waals surface area contributed by atoms with E-state index in [0.717, 1.165) is 16.6 Å². The fourth-order valence-electron chi connectivity index (χ4n) is 2.25. The van der Waals surface area contributed by atoms with Crippen molar-refractivity contribution < 1.29 is 14.1 Å². The molecule has 23 heavy (non-hydrogen) atoms. The van der Waals surface area contributed by atoms with Crippen molar-refractivity contribution >= 4 is 19.1 Å². The van der Waals surface area contributed by atoms with Gasteiger partial charge in [-0.3, -0.25) is 9.78 Å². The maximum atomic E-state index is 11.3. The quantitative estimate of drug-likeness (QED) is 0.867. The molecule has 2 heterocycles. The van der Waals surface area contributed by atoms with Gasteiger partial charge in [-0.15, -0.1) is 0 Å². The van der Waals surface area contributed by atoms with Gasteiger partial charge in [-0.2, -0.15) is 0 Å². The third kappa shape index (κ3) is 4.01. The molecule has 5 nitrogen and oxygen atoms in total. The molecule has 0 aliphatic carbocycles. The molecular formula is C17H25BN2O3. The Morgan fingerprint density at radius 1 is 1.30 bits per heavy atom. The van der Waals surface area contributed by atoms with Gasteiger partial charge >= 0.3 is 7.12 Å². The number of nitrogens with one attached hydrogen (secondary N) is 1. The number of amides is 1. The van der Waals surface area contributed by atoms with Gasteiger partial charge in [0.25, 0.3) is 0 Å². The van der Waals surface area contributed by atoms with Gasteiger partial charge in [-0.25, -0.2) is 0 Å². The van der Waals surface area contributed by atoms with Crippen LogP contribution in [0.4, 0.5) is 0 Å². The summed E-state index contributed by atoms with van der Waals surface area (Å²) in [5.74, 6) is -0.0877. The van der Waals surface area contributed by atoms with Crippen LogP contribution in [0.2, 0.25) is 0 Å². The highest BCUT2D eigenvalue weighted by Gasteiger charge is 2.52. The lowest BCUT2D eigenvalue weighted by atomic mass is 9.76. The lowest BCUT2D eigenvalue weighted by molar-refractivity contribution is -0.118. The number of carbonyl (C=O) groups is 1. The number of aromatic nitrogens is 1. The van der Waals surface area contributed by atoms with Gasteiger partial charge in [0, 0.05) is 25.9 Å². The first kappa shape index (κ1) is 17.7. The molecule has 124 valence electrons. The van der Waals surface area contributed by atoms with E-state index in [9.17, 15) is 4.79 Å². The molecule has 0 aromatic carbocycles. The van der Waals surface area contributed by atoms with Crippen LogP contribution in [0, 0.1) is 6.92 Å². The number of rotatable bonds is 4. The van der Waals surface area contributed by atoms with E-state index in [-0.39, 0.29) is 5.91 Å². The van der Waals surface area contributed by atoms with Gasteiger partial charge in [0.05, 0.1) is 11.2 Å². The first-order chi connectivity index (χ1) is 10.6. The summed E-state index contributed by atoms with van der Waals surface area (Å²) in [6.07, 6.45) is 5.55. The van der Waals surface area contributed by atoms with Crippen molar-refractivity contribution in [2.75, 3.05) is 6.54 Å². The molecule has 0 bridgehead atoms. The van der Waals surface area contributed by atoms with E-state index >= 15 is 0 Å². The average molecular weight is 316 g/mol. The van der Waals surface area contributed by atoms with E-state index in [0.29, 0.717) is 6.54 Å². The minimum absolute atomic E-state index is 0.0877. The van der Waals surface area contributed by atoms with Crippen LogP contribution in [0.3, 0.4) is 0 Å². The Morgan fingerprint density at radius 2 is 1.91 bits per heavy atom. The first-order valence-corrected chi connectivity index (χ1v) is 7.83. The number of aryl methyl sites for hydroxylation is 1. The Hall–Kier alpha value is -1.66. The summed E-state index contributed by atoms with van der Waals surface area (Å²) < 4.78 is 12.2. The van der Waals surface area contributed by atoms with Gasteiger partial charge in [-0.05, 0) is 57.3 Å². The normalized spacial score (nSPS) is 19.7. The molecule has 0 saturated carbocycles. The molecule has 1 saturated heterocycles. The summed E-state index contributed by atoms with van der Waals surface area (Å²) in [5, 5.41) is 2.83. The van der Waals surface area contributed by atoms with Crippen LogP contribution in [0.5, 0.6) is 0 Å². The largest absolute Gasteiger partial charge is 0.492 e. The number of pyridine rings is 1. The summed E-state index contributed by atoms with van der Waals surface area (Å²) >= 11 is 0. The van der Waals surface area contributed by atoms with Crippen molar-refractivity contribution in [1.82, 2.24) is 10.3 Å². The van der Waals surface area contributed by atoms with Crippen LogP contribution in [0.15, 0.2) is 23.9 Å². The Kier molecular flexibility index (Phi) is 4.97. The standard InChI is InChI=1S/C17H25BN2O3/c1-12-7-8-19-10-14(12)9-15(11-20-13(2)21)18-22-16(3,4)17(5,6)23-18/h7-10H,11H2,1-6H3,(H,20,21). The maximum Gasteiger partial charge on any atom is 0.492 e. The molecule has 0 radical (unpaired) electrons. The molecular weight excluding hydrogens is 291 g/mol. The summed E-state index contributed by atoms with van der Waals surface area (Å²) in [5.41, 5.74) is 2.13. The van der Waals surface area contributed by atoms with Gasteiger partial charge < -0.3 is 14.6 Å². The highest BCUT2D eigenvalue weighted by atomic mass is 16.7. The minimum atomic E-state index is -0.494. The molecule has 0 spiro atoms. The summed E-state index contributed by atoms with van der Waals surface area (Å²) in [7, 11) is -0.494. The molecule has 1 fully saturated rings. The SMILES string of the molecule is CC(=O)NCC(=Cc1cnccc1C)B1OC(C)(C)C(C)(C)O1. The van der Waals surface area contributed by atoms with Crippen LogP contribution in [0.1, 0.15) is 45.7 Å². The second-order valence-electron chi connectivity index (χ2n) is 6.95. The van der Waals surface area contributed by atoms with Gasteiger partial charge in [0.1, 0.15) is 0 Å². The molecule has 1 N–H and O–H groups in total. The van der Waals surface area contributed by atoms with Crippen molar-refractivity contribution in [2.45, 2.75) is 52.7 Å². The third-order valence-corrected chi connectivity index (χ3v) is 4.52. The van der Waals surface area contributed by atoms with Crippen molar-refractivity contribution in [3.8, 4) is 0 Å². The fraction of sp³-hybridized carbons (Fsp3) is 0.529. The molecule has 1 aromatic heterocycles. The molecule has 1 aliphatic rings. The second kappa shape index (κ2) is 6.45.